The fourth-order valence-corrected chi connectivity index (χ4v) is 10.0. The topological polar surface area (TPSA) is 44.4 Å². The Kier molecular flexibility index (Phi) is 5.18. The van der Waals surface area contributed by atoms with E-state index in [1.54, 1.807) is 0 Å². The highest BCUT2D eigenvalue weighted by Gasteiger charge is 2.30. The molecule has 0 saturated heterocycles. The van der Waals surface area contributed by atoms with Gasteiger partial charge in [0.05, 0.1) is 33.6 Å². The molecule has 6 heterocycles. The molecule has 14 rings (SSSR count). The van der Waals surface area contributed by atoms with E-state index >= 15 is 0 Å². The second kappa shape index (κ2) is 10.1. The Hall–Kier alpha value is -7.70. The van der Waals surface area contributed by atoms with Crippen molar-refractivity contribution in [2.75, 3.05) is 0 Å². The monoisotopic (exact) mass is 714 g/mol. The van der Waals surface area contributed by atoms with Crippen LogP contribution in [0.5, 0.6) is 0 Å². The van der Waals surface area contributed by atoms with E-state index in [2.05, 4.69) is 171 Å². The maximum absolute atomic E-state index is 6.69. The second-order valence-electron chi connectivity index (χ2n) is 15.0. The molecule has 0 N–H and O–H groups in total. The molecule has 14 aromatic rings. The Morgan fingerprint density at radius 3 is 1.75 bits per heavy atom. The zero-order valence-electron chi connectivity index (χ0n) is 29.8. The molecule has 6 nitrogen and oxygen atoms in total. The van der Waals surface area contributed by atoms with Crippen LogP contribution in [0.25, 0.3) is 121 Å². The predicted octanol–water partition coefficient (Wildman–Crippen LogP) is 12.1. The maximum Gasteiger partial charge on any atom is 0.314 e. The molecule has 56 heavy (non-hydrogen) atoms. The first-order valence-electron chi connectivity index (χ1n) is 19.1. The van der Waals surface area contributed by atoms with Gasteiger partial charge in [-0.05, 0) is 52.4 Å². The van der Waals surface area contributed by atoms with Crippen molar-refractivity contribution in [2.45, 2.75) is 0 Å². The summed E-state index contributed by atoms with van der Waals surface area (Å²) in [6.45, 7) is 0. The molecule has 0 spiro atoms. The van der Waals surface area contributed by atoms with Gasteiger partial charge in [-0.2, -0.15) is 0 Å². The highest BCUT2D eigenvalue weighted by Crippen LogP contribution is 2.48. The largest absolute Gasteiger partial charge is 0.316 e. The van der Waals surface area contributed by atoms with Crippen LogP contribution in [0.4, 0.5) is 0 Å². The number of aromatic nitrogens is 5. The van der Waals surface area contributed by atoms with Crippen molar-refractivity contribution in [3.05, 3.63) is 170 Å². The Morgan fingerprint density at radius 1 is 0.411 bits per heavy atom. The first-order valence-corrected chi connectivity index (χ1v) is 19.1. The molecule has 0 fully saturated rings. The summed E-state index contributed by atoms with van der Waals surface area (Å²) in [6.07, 6.45) is 0. The Bertz CT molecular complexity index is 3960. The van der Waals surface area contributed by atoms with Gasteiger partial charge >= 0.3 is 5.65 Å². The molecule has 8 aromatic carbocycles. The molecule has 6 aromatic heterocycles. The highest BCUT2D eigenvalue weighted by molar-refractivity contribution is 6.37. The van der Waals surface area contributed by atoms with Crippen molar-refractivity contribution in [2.24, 2.45) is 0 Å². The Morgan fingerprint density at radius 2 is 1.00 bits per heavy atom. The molecule has 0 amide bonds. The lowest BCUT2D eigenvalue weighted by atomic mass is 10.00. The van der Waals surface area contributed by atoms with Gasteiger partial charge in [0.25, 0.3) is 5.82 Å². The van der Waals surface area contributed by atoms with Crippen LogP contribution in [-0.4, -0.2) is 18.5 Å². The highest BCUT2D eigenvalue weighted by atomic mass is 16.5. The molecule has 0 aliphatic rings. The number of benzene rings is 8. The van der Waals surface area contributed by atoms with Crippen LogP contribution in [-0.2, 0) is 0 Å². The molecular formula is C50H28N5O+. The lowest BCUT2D eigenvalue weighted by molar-refractivity contribution is -0.708. The van der Waals surface area contributed by atoms with Crippen LogP contribution in [0, 0.1) is 0 Å². The molecule has 6 heteroatoms. The lowest BCUT2D eigenvalue weighted by Gasteiger charge is -2.08. The maximum atomic E-state index is 6.69. The minimum Gasteiger partial charge on any atom is -0.316 e. The third-order valence-electron chi connectivity index (χ3n) is 12.2. The first-order chi connectivity index (χ1) is 27.8. The Balaban J connectivity index is 1.21. The third kappa shape index (κ3) is 3.39. The van der Waals surface area contributed by atoms with Gasteiger partial charge in [0.2, 0.25) is 5.82 Å². The zero-order chi connectivity index (χ0) is 36.2. The number of hydrogen-bond donors (Lipinski definition) is 0. The molecule has 0 aliphatic heterocycles. The summed E-state index contributed by atoms with van der Waals surface area (Å²) in [4.78, 5) is 5.53. The average Bonchev–Trinajstić information content (AvgIpc) is 4.05. The van der Waals surface area contributed by atoms with Crippen LogP contribution in [0.2, 0.25) is 0 Å². The fourth-order valence-electron chi connectivity index (χ4n) is 10.0. The quantitative estimate of drug-likeness (QED) is 0.167. The summed E-state index contributed by atoms with van der Waals surface area (Å²) < 4.78 is 15.8. The molecule has 0 aliphatic carbocycles. The van der Waals surface area contributed by atoms with Crippen molar-refractivity contribution in [1.29, 1.82) is 0 Å². The number of hydrogen-bond acceptors (Lipinski definition) is 2. The fraction of sp³-hybridized carbons (Fsp3) is 0. The molecule has 0 radical (unpaired) electrons. The van der Waals surface area contributed by atoms with Crippen molar-refractivity contribution < 1.29 is 9.10 Å². The van der Waals surface area contributed by atoms with E-state index in [1.807, 2.05) is 16.7 Å². The third-order valence-corrected chi connectivity index (χ3v) is 12.2. The summed E-state index contributed by atoms with van der Waals surface area (Å²) in [7, 11) is 0. The summed E-state index contributed by atoms with van der Waals surface area (Å²) in [5, 5.41) is 13.3. The number of rotatable bonds is 2. The van der Waals surface area contributed by atoms with Gasteiger partial charge < -0.3 is 8.92 Å². The smallest absolute Gasteiger partial charge is 0.314 e. The Labute approximate surface area is 317 Å². The van der Waals surface area contributed by atoms with Gasteiger partial charge in [-0.25, -0.2) is 4.57 Å². The van der Waals surface area contributed by atoms with Crippen LogP contribution in [0.1, 0.15) is 0 Å². The predicted molar refractivity (Wildman–Crippen MR) is 228 cm³/mol. The van der Waals surface area contributed by atoms with Gasteiger partial charge in [0.15, 0.2) is 5.58 Å². The van der Waals surface area contributed by atoms with Crippen LogP contribution >= 0.6 is 0 Å². The normalized spacial score (nSPS) is 12.6. The van der Waals surface area contributed by atoms with E-state index in [-0.39, 0.29) is 0 Å². The molecule has 0 unspecified atom stereocenters. The summed E-state index contributed by atoms with van der Waals surface area (Å²) >= 11 is 0. The molecule has 0 atom stereocenters. The SMILES string of the molecule is c1ccc2c(c1)ccc1c3c4c5ccccc5n(-c5cc(-n6c7ccccc7c7ccccc76)[n+]6oc7ccccc7c6n5)c4cc4c5ccccc5n(c21)c43. The van der Waals surface area contributed by atoms with Crippen molar-refractivity contribution in [3.8, 4) is 11.6 Å². The van der Waals surface area contributed by atoms with E-state index < -0.39 is 0 Å². The van der Waals surface area contributed by atoms with Gasteiger partial charge in [-0.3, -0.25) is 4.57 Å². The van der Waals surface area contributed by atoms with Crippen LogP contribution < -0.4 is 4.57 Å². The van der Waals surface area contributed by atoms with Gasteiger partial charge in [-0.15, -0.1) is 0 Å². The molecular weight excluding hydrogens is 687 g/mol. The lowest BCUT2D eigenvalue weighted by Crippen LogP contribution is -2.27. The summed E-state index contributed by atoms with van der Waals surface area (Å²) in [5.74, 6) is 1.70. The first kappa shape index (κ1) is 28.8. The minimum atomic E-state index is 0.764. The molecule has 0 saturated carbocycles. The number of para-hydroxylation sites is 5. The standard InChI is InChI=1S/C50H28N5O/c1-2-14-30-29(13-1)25-26-36-47-46-34-18-6-11-23-41(34)52(42(46)27-37-33-17-5-10-22-40(33)54(48(30)36)49(37)47)44-28-45(55-50(51-44)35-19-7-12-24-43(35)56-55)53-38-20-8-3-15-31(38)32-16-4-9-21-39(32)53/h1-28H/q+1. The average molecular weight is 715 g/mol. The van der Waals surface area contributed by atoms with Crippen molar-refractivity contribution in [3.63, 3.8) is 0 Å². The van der Waals surface area contributed by atoms with E-state index in [4.69, 9.17) is 9.51 Å². The van der Waals surface area contributed by atoms with Gasteiger partial charge in [0.1, 0.15) is 16.4 Å². The summed E-state index contributed by atoms with van der Waals surface area (Å²) in [5.41, 5.74) is 9.72. The second-order valence-corrected chi connectivity index (χ2v) is 15.0. The van der Waals surface area contributed by atoms with Crippen LogP contribution in [0.3, 0.4) is 0 Å². The minimum absolute atomic E-state index is 0.764. The number of nitrogens with zero attached hydrogens (tertiary/aromatic N) is 5. The van der Waals surface area contributed by atoms with Crippen molar-refractivity contribution in [1.82, 2.24) is 18.5 Å². The molecule has 258 valence electrons. The van der Waals surface area contributed by atoms with Gasteiger partial charge in [0, 0.05) is 48.5 Å². The van der Waals surface area contributed by atoms with Crippen molar-refractivity contribution >= 4 is 109 Å². The van der Waals surface area contributed by atoms with E-state index in [0.29, 0.717) is 0 Å². The van der Waals surface area contributed by atoms with E-state index in [0.717, 1.165) is 50.3 Å². The van der Waals surface area contributed by atoms with Crippen LogP contribution in [0.15, 0.2) is 174 Å². The summed E-state index contributed by atoms with van der Waals surface area (Å²) in [6, 6.07) is 61.1. The van der Waals surface area contributed by atoms with E-state index in [9.17, 15) is 0 Å². The number of fused-ring (bicyclic) bond motifs is 18. The zero-order valence-corrected chi connectivity index (χ0v) is 29.8. The molecule has 0 bridgehead atoms. The van der Waals surface area contributed by atoms with Gasteiger partial charge in [-0.1, -0.05) is 126 Å². The van der Waals surface area contributed by atoms with E-state index in [1.165, 1.54) is 70.4 Å².